The van der Waals surface area contributed by atoms with Gasteiger partial charge >= 0.3 is 0 Å². The van der Waals surface area contributed by atoms with Crippen LogP contribution in [0.3, 0.4) is 0 Å². The van der Waals surface area contributed by atoms with Crippen LogP contribution in [-0.2, 0) is 6.54 Å². The summed E-state index contributed by atoms with van der Waals surface area (Å²) in [4.78, 5) is 0. The van der Waals surface area contributed by atoms with E-state index < -0.39 is 0 Å². The molecule has 0 amide bonds. The van der Waals surface area contributed by atoms with E-state index in [-0.39, 0.29) is 5.84 Å². The summed E-state index contributed by atoms with van der Waals surface area (Å²) < 4.78 is 0. The molecule has 0 radical (unpaired) electrons. The molecule has 0 saturated carbocycles. The van der Waals surface area contributed by atoms with Crippen LogP contribution in [0, 0.1) is 5.92 Å². The Balaban J connectivity index is 2.54. The van der Waals surface area contributed by atoms with Crippen LogP contribution in [0.1, 0.15) is 44.7 Å². The third kappa shape index (κ3) is 4.56. The summed E-state index contributed by atoms with van der Waals surface area (Å²) in [5, 5.41) is 15.1. The van der Waals surface area contributed by atoms with Gasteiger partial charge in [-0.05, 0) is 18.4 Å². The number of nitrogens with two attached hydrogens (primary N) is 1. The van der Waals surface area contributed by atoms with Crippen molar-refractivity contribution in [3.63, 3.8) is 0 Å². The minimum absolute atomic E-state index is 0.143. The van der Waals surface area contributed by atoms with Crippen molar-refractivity contribution in [1.29, 1.82) is 0 Å². The SMILES string of the molecule is CCC(CC)C(C)NCc1ccc(C(N)=NO)cc1. The van der Waals surface area contributed by atoms with Gasteiger partial charge < -0.3 is 16.3 Å². The van der Waals surface area contributed by atoms with E-state index in [9.17, 15) is 0 Å². The van der Waals surface area contributed by atoms with Gasteiger partial charge in [0.25, 0.3) is 0 Å². The van der Waals surface area contributed by atoms with Gasteiger partial charge in [0, 0.05) is 18.2 Å². The van der Waals surface area contributed by atoms with Crippen molar-refractivity contribution in [2.75, 3.05) is 0 Å². The molecule has 4 nitrogen and oxygen atoms in total. The summed E-state index contributed by atoms with van der Waals surface area (Å²) in [7, 11) is 0. The molecule has 106 valence electrons. The Morgan fingerprint density at radius 1 is 1.26 bits per heavy atom. The van der Waals surface area contributed by atoms with Crippen molar-refractivity contribution < 1.29 is 5.21 Å². The Hall–Kier alpha value is -1.55. The standard InChI is InChI=1S/C15H25N3O/c1-4-13(5-2)11(3)17-10-12-6-8-14(9-7-12)15(16)18-19/h6-9,11,13,17,19H,4-5,10H2,1-3H3,(H2,16,18). The maximum atomic E-state index is 8.60. The first kappa shape index (κ1) is 15.5. The zero-order valence-corrected chi connectivity index (χ0v) is 12.1. The van der Waals surface area contributed by atoms with Crippen LogP contribution in [0.15, 0.2) is 29.4 Å². The van der Waals surface area contributed by atoms with E-state index >= 15 is 0 Å². The predicted molar refractivity (Wildman–Crippen MR) is 79.3 cm³/mol. The number of hydrogen-bond donors (Lipinski definition) is 3. The molecule has 4 N–H and O–H groups in total. The summed E-state index contributed by atoms with van der Waals surface area (Å²) in [5.41, 5.74) is 7.46. The largest absolute Gasteiger partial charge is 0.409 e. The van der Waals surface area contributed by atoms with Crippen LogP contribution in [0.4, 0.5) is 0 Å². The van der Waals surface area contributed by atoms with Gasteiger partial charge in [-0.2, -0.15) is 0 Å². The highest BCUT2D eigenvalue weighted by atomic mass is 16.4. The Morgan fingerprint density at radius 3 is 2.32 bits per heavy atom. The first-order chi connectivity index (χ1) is 9.12. The van der Waals surface area contributed by atoms with Crippen molar-refractivity contribution >= 4 is 5.84 Å². The first-order valence-electron chi connectivity index (χ1n) is 6.92. The van der Waals surface area contributed by atoms with Crippen LogP contribution in [-0.4, -0.2) is 17.1 Å². The van der Waals surface area contributed by atoms with Gasteiger partial charge in [-0.25, -0.2) is 0 Å². The number of hydrogen-bond acceptors (Lipinski definition) is 3. The van der Waals surface area contributed by atoms with Crippen LogP contribution in [0.5, 0.6) is 0 Å². The number of nitrogens with one attached hydrogen (secondary N) is 1. The van der Waals surface area contributed by atoms with E-state index in [0.717, 1.165) is 18.0 Å². The highest BCUT2D eigenvalue weighted by Gasteiger charge is 2.12. The normalized spacial score (nSPS) is 13.8. The molecule has 4 heteroatoms. The maximum Gasteiger partial charge on any atom is 0.170 e. The second-order valence-electron chi connectivity index (χ2n) is 4.93. The van der Waals surface area contributed by atoms with Crippen LogP contribution in [0.25, 0.3) is 0 Å². The molecule has 0 fully saturated rings. The van der Waals surface area contributed by atoms with E-state index in [1.54, 1.807) is 0 Å². The third-order valence-electron chi connectivity index (χ3n) is 3.74. The number of nitrogens with zero attached hydrogens (tertiary/aromatic N) is 1. The fourth-order valence-corrected chi connectivity index (χ4v) is 2.29. The zero-order valence-electron chi connectivity index (χ0n) is 12.1. The fourth-order valence-electron chi connectivity index (χ4n) is 2.29. The minimum atomic E-state index is 0.143. The molecule has 0 saturated heterocycles. The molecule has 0 spiro atoms. The van der Waals surface area contributed by atoms with Crippen molar-refractivity contribution in [3.05, 3.63) is 35.4 Å². The highest BCUT2D eigenvalue weighted by molar-refractivity contribution is 5.96. The quantitative estimate of drug-likeness (QED) is 0.306. The number of benzene rings is 1. The van der Waals surface area contributed by atoms with Crippen molar-refractivity contribution in [2.24, 2.45) is 16.8 Å². The maximum absolute atomic E-state index is 8.60. The van der Waals surface area contributed by atoms with Gasteiger partial charge in [-0.1, -0.05) is 56.1 Å². The molecule has 1 atom stereocenters. The van der Waals surface area contributed by atoms with Crippen LogP contribution in [0.2, 0.25) is 0 Å². The van der Waals surface area contributed by atoms with Crippen molar-refractivity contribution in [1.82, 2.24) is 5.32 Å². The Kier molecular flexibility index (Phi) is 6.36. The van der Waals surface area contributed by atoms with E-state index in [1.165, 1.54) is 18.4 Å². The van der Waals surface area contributed by atoms with E-state index in [1.807, 2.05) is 24.3 Å². The van der Waals surface area contributed by atoms with Gasteiger partial charge in [0.2, 0.25) is 0 Å². The Bertz CT molecular complexity index is 396. The lowest BCUT2D eigenvalue weighted by atomic mass is 9.95. The first-order valence-corrected chi connectivity index (χ1v) is 6.92. The third-order valence-corrected chi connectivity index (χ3v) is 3.74. The lowest BCUT2D eigenvalue weighted by Gasteiger charge is -2.22. The summed E-state index contributed by atoms with van der Waals surface area (Å²) >= 11 is 0. The summed E-state index contributed by atoms with van der Waals surface area (Å²) in [6, 6.07) is 8.25. The van der Waals surface area contributed by atoms with E-state index in [4.69, 9.17) is 10.9 Å². The summed E-state index contributed by atoms with van der Waals surface area (Å²) in [6.45, 7) is 7.55. The van der Waals surface area contributed by atoms with Crippen molar-refractivity contribution in [3.8, 4) is 0 Å². The Morgan fingerprint density at radius 2 is 1.84 bits per heavy atom. The molecule has 0 aliphatic carbocycles. The van der Waals surface area contributed by atoms with Gasteiger partial charge in [-0.3, -0.25) is 0 Å². The predicted octanol–water partition coefficient (Wildman–Crippen LogP) is 2.70. The zero-order chi connectivity index (χ0) is 14.3. The number of rotatable bonds is 7. The van der Waals surface area contributed by atoms with Gasteiger partial charge in [-0.15, -0.1) is 0 Å². The summed E-state index contributed by atoms with van der Waals surface area (Å²) in [6.07, 6.45) is 2.40. The lowest BCUT2D eigenvalue weighted by molar-refractivity contribution is 0.318. The van der Waals surface area contributed by atoms with Crippen molar-refractivity contribution in [2.45, 2.75) is 46.2 Å². The average molecular weight is 263 g/mol. The highest BCUT2D eigenvalue weighted by Crippen LogP contribution is 2.13. The van der Waals surface area contributed by atoms with Crippen LogP contribution >= 0.6 is 0 Å². The molecule has 0 aliphatic rings. The number of amidine groups is 1. The average Bonchev–Trinajstić information content (AvgIpc) is 2.46. The van der Waals surface area contributed by atoms with E-state index in [0.29, 0.717) is 6.04 Å². The molecule has 1 unspecified atom stereocenters. The summed E-state index contributed by atoms with van der Waals surface area (Å²) in [5.74, 6) is 0.862. The second kappa shape index (κ2) is 7.79. The lowest BCUT2D eigenvalue weighted by Crippen LogP contribution is -2.32. The van der Waals surface area contributed by atoms with Gasteiger partial charge in [0.1, 0.15) is 0 Å². The molecule has 0 heterocycles. The molecule has 0 aliphatic heterocycles. The topological polar surface area (TPSA) is 70.6 Å². The monoisotopic (exact) mass is 263 g/mol. The van der Waals surface area contributed by atoms with Gasteiger partial charge in [0.05, 0.1) is 0 Å². The Labute approximate surface area is 115 Å². The molecule has 1 rings (SSSR count). The van der Waals surface area contributed by atoms with E-state index in [2.05, 4.69) is 31.2 Å². The smallest absolute Gasteiger partial charge is 0.170 e. The molecule has 0 bridgehead atoms. The molecule has 0 aromatic heterocycles. The second-order valence-corrected chi connectivity index (χ2v) is 4.93. The van der Waals surface area contributed by atoms with Gasteiger partial charge in [0.15, 0.2) is 5.84 Å². The minimum Gasteiger partial charge on any atom is -0.409 e. The molecule has 1 aromatic carbocycles. The van der Waals surface area contributed by atoms with Crippen LogP contribution < -0.4 is 11.1 Å². The number of oxime groups is 1. The molecule has 1 aromatic rings. The molecule has 19 heavy (non-hydrogen) atoms. The fraction of sp³-hybridized carbons (Fsp3) is 0.533. The molecular weight excluding hydrogens is 238 g/mol. The molecular formula is C15H25N3O.